The number of hydrogen-bond acceptors (Lipinski definition) is 3. The molecule has 0 aliphatic heterocycles. The summed E-state index contributed by atoms with van der Waals surface area (Å²) >= 11 is 11.7. The van der Waals surface area contributed by atoms with Crippen molar-refractivity contribution in [2.75, 3.05) is 18.1 Å². The van der Waals surface area contributed by atoms with E-state index in [0.29, 0.717) is 39.4 Å². The zero-order chi connectivity index (χ0) is 15.2. The summed E-state index contributed by atoms with van der Waals surface area (Å²) in [6.07, 6.45) is 0.668. The van der Waals surface area contributed by atoms with Gasteiger partial charge in [0.25, 0.3) is 0 Å². The molecule has 0 aliphatic carbocycles. The van der Waals surface area contributed by atoms with Crippen LogP contribution in [0.2, 0.25) is 10.0 Å². The molecule has 0 spiro atoms. The summed E-state index contributed by atoms with van der Waals surface area (Å²) in [5.74, 6) is 1.22. The van der Waals surface area contributed by atoms with Crippen LogP contribution in [0.3, 0.4) is 0 Å². The molecule has 1 atom stereocenters. The molecule has 0 amide bonds. The third kappa shape index (κ3) is 4.92. The highest BCUT2D eigenvalue weighted by Gasteiger charge is 2.06. The van der Waals surface area contributed by atoms with Crippen molar-refractivity contribution < 1.29 is 8.95 Å². The van der Waals surface area contributed by atoms with Gasteiger partial charge in [-0.1, -0.05) is 29.3 Å². The molecule has 3 nitrogen and oxygen atoms in total. The largest absolute Gasteiger partial charge is 0.493 e. The van der Waals surface area contributed by atoms with Crippen LogP contribution in [0.5, 0.6) is 5.75 Å². The number of hydrogen-bond donors (Lipinski definition) is 1. The summed E-state index contributed by atoms with van der Waals surface area (Å²) in [6, 6.07) is 12.2. The molecule has 21 heavy (non-hydrogen) atoms. The number of benzene rings is 2. The maximum absolute atomic E-state index is 12.1. The normalized spacial score (nSPS) is 12.1. The lowest BCUT2D eigenvalue weighted by atomic mass is 10.3. The second-order valence-corrected chi connectivity index (χ2v) is 6.79. The van der Waals surface area contributed by atoms with Crippen LogP contribution in [0.15, 0.2) is 47.4 Å². The van der Waals surface area contributed by atoms with E-state index in [0.717, 1.165) is 5.75 Å². The van der Waals surface area contributed by atoms with Gasteiger partial charge in [0, 0.05) is 22.4 Å². The molecule has 0 saturated heterocycles. The molecule has 0 aliphatic rings. The summed E-state index contributed by atoms with van der Waals surface area (Å²) < 4.78 is 17.7. The van der Waals surface area contributed by atoms with E-state index in [4.69, 9.17) is 33.7 Å². The number of anilines is 1. The summed E-state index contributed by atoms with van der Waals surface area (Å²) in [7, 11) is -1.11. The van der Waals surface area contributed by atoms with Crippen molar-refractivity contribution in [1.82, 2.24) is 0 Å². The minimum absolute atomic E-state index is 0.415. The van der Waals surface area contributed by atoms with Crippen LogP contribution in [0, 0.1) is 0 Å². The minimum atomic E-state index is -1.11. The van der Waals surface area contributed by atoms with Gasteiger partial charge in [-0.15, -0.1) is 0 Å². The summed E-state index contributed by atoms with van der Waals surface area (Å²) in [6.45, 7) is 0.483. The Morgan fingerprint density at radius 3 is 2.62 bits per heavy atom. The molecule has 2 N–H and O–H groups in total. The average Bonchev–Trinajstić information content (AvgIpc) is 2.46. The molecular formula is C15H15Cl2NO2S. The third-order valence-electron chi connectivity index (χ3n) is 2.75. The van der Waals surface area contributed by atoms with E-state index in [1.165, 1.54) is 0 Å². The quantitative estimate of drug-likeness (QED) is 0.633. The molecule has 2 rings (SSSR count). The molecule has 0 heterocycles. The van der Waals surface area contributed by atoms with Gasteiger partial charge in [0.15, 0.2) is 0 Å². The van der Waals surface area contributed by atoms with E-state index in [-0.39, 0.29) is 0 Å². The van der Waals surface area contributed by atoms with Crippen molar-refractivity contribution in [2.45, 2.75) is 11.3 Å². The first-order chi connectivity index (χ1) is 10.1. The zero-order valence-electron chi connectivity index (χ0n) is 11.2. The van der Waals surface area contributed by atoms with Gasteiger partial charge >= 0.3 is 0 Å². The molecule has 0 aromatic heterocycles. The molecule has 6 heteroatoms. The molecule has 112 valence electrons. The summed E-state index contributed by atoms with van der Waals surface area (Å²) in [5, 5.41) is 0.876. The molecule has 0 fully saturated rings. The highest BCUT2D eigenvalue weighted by molar-refractivity contribution is 7.85. The molecule has 0 saturated carbocycles. The average molecular weight is 344 g/mol. The lowest BCUT2D eigenvalue weighted by Crippen LogP contribution is -2.05. The van der Waals surface area contributed by atoms with Crippen molar-refractivity contribution in [3.05, 3.63) is 52.5 Å². The fourth-order valence-corrected chi connectivity index (χ4v) is 3.17. The van der Waals surface area contributed by atoms with Crippen molar-refractivity contribution >= 4 is 39.7 Å². The van der Waals surface area contributed by atoms with Crippen molar-refractivity contribution in [3.63, 3.8) is 0 Å². The van der Waals surface area contributed by atoms with Crippen LogP contribution >= 0.6 is 23.2 Å². The van der Waals surface area contributed by atoms with Crippen LogP contribution in [0.25, 0.3) is 0 Å². The lowest BCUT2D eigenvalue weighted by Gasteiger charge is -2.07. The first-order valence-corrected chi connectivity index (χ1v) is 8.45. The first kappa shape index (κ1) is 16.1. The van der Waals surface area contributed by atoms with Gasteiger partial charge in [-0.2, -0.15) is 0 Å². The van der Waals surface area contributed by atoms with E-state index in [1.807, 2.05) is 12.1 Å². The minimum Gasteiger partial charge on any atom is -0.493 e. The van der Waals surface area contributed by atoms with Crippen LogP contribution in [0.4, 0.5) is 5.69 Å². The van der Waals surface area contributed by atoms with Crippen molar-refractivity contribution in [2.24, 2.45) is 0 Å². The van der Waals surface area contributed by atoms with Crippen molar-refractivity contribution in [1.29, 1.82) is 0 Å². The molecule has 2 aromatic rings. The Hall–Kier alpha value is -1.23. The van der Waals surface area contributed by atoms with Gasteiger partial charge in [-0.05, 0) is 36.8 Å². The molecular weight excluding hydrogens is 329 g/mol. The second kappa shape index (κ2) is 7.69. The van der Waals surface area contributed by atoms with Gasteiger partial charge in [-0.3, -0.25) is 4.21 Å². The maximum Gasteiger partial charge on any atom is 0.121 e. The van der Waals surface area contributed by atoms with Gasteiger partial charge in [0.05, 0.1) is 27.5 Å². The van der Waals surface area contributed by atoms with E-state index in [9.17, 15) is 4.21 Å². The zero-order valence-corrected chi connectivity index (χ0v) is 13.5. The predicted octanol–water partition coefficient (Wildman–Crippen LogP) is 4.15. The number of ether oxygens (including phenoxy) is 1. The summed E-state index contributed by atoms with van der Waals surface area (Å²) in [5.41, 5.74) is 6.32. The molecule has 1 unspecified atom stereocenters. The van der Waals surface area contributed by atoms with E-state index < -0.39 is 10.8 Å². The SMILES string of the molecule is Nc1cccc(OCCCS(=O)c2ccc(Cl)c(Cl)c2)c1. The van der Waals surface area contributed by atoms with Crippen LogP contribution in [-0.4, -0.2) is 16.6 Å². The van der Waals surface area contributed by atoms with E-state index in [1.54, 1.807) is 30.3 Å². The Morgan fingerprint density at radius 1 is 1.10 bits per heavy atom. The fraction of sp³-hybridized carbons (Fsp3) is 0.200. The predicted molar refractivity (Wildman–Crippen MR) is 88.7 cm³/mol. The summed E-state index contributed by atoms with van der Waals surface area (Å²) in [4.78, 5) is 0.674. The van der Waals surface area contributed by atoms with Gasteiger partial charge in [-0.25, -0.2) is 0 Å². The van der Waals surface area contributed by atoms with Gasteiger partial charge in [0.2, 0.25) is 0 Å². The van der Waals surface area contributed by atoms with E-state index >= 15 is 0 Å². The molecule has 0 bridgehead atoms. The standard InChI is InChI=1S/C15H15Cl2NO2S/c16-14-6-5-13(10-15(14)17)21(19)8-2-7-20-12-4-1-3-11(18)9-12/h1,3-6,9-10H,2,7-8,18H2. The fourth-order valence-electron chi connectivity index (χ4n) is 1.72. The lowest BCUT2D eigenvalue weighted by molar-refractivity contribution is 0.318. The maximum atomic E-state index is 12.1. The monoisotopic (exact) mass is 343 g/mol. The Kier molecular flexibility index (Phi) is 5.91. The Balaban J connectivity index is 1.80. The highest BCUT2D eigenvalue weighted by atomic mass is 35.5. The molecule has 0 radical (unpaired) electrons. The topological polar surface area (TPSA) is 52.3 Å². The van der Waals surface area contributed by atoms with Crippen molar-refractivity contribution in [3.8, 4) is 5.75 Å². The number of nitrogen functional groups attached to an aromatic ring is 1. The van der Waals surface area contributed by atoms with Crippen LogP contribution < -0.4 is 10.5 Å². The van der Waals surface area contributed by atoms with E-state index in [2.05, 4.69) is 0 Å². The second-order valence-electron chi connectivity index (χ2n) is 4.40. The molecule has 2 aromatic carbocycles. The Labute approximate surface area is 136 Å². The third-order valence-corrected chi connectivity index (χ3v) is 4.93. The Morgan fingerprint density at radius 2 is 1.90 bits per heavy atom. The highest BCUT2D eigenvalue weighted by Crippen LogP contribution is 2.24. The van der Waals surface area contributed by atoms with Gasteiger partial charge < -0.3 is 10.5 Å². The number of nitrogens with two attached hydrogens (primary N) is 1. The Bertz CT molecular complexity index is 649. The number of rotatable bonds is 6. The van der Waals surface area contributed by atoms with Crippen LogP contribution in [0.1, 0.15) is 6.42 Å². The number of halogens is 2. The van der Waals surface area contributed by atoms with Crippen LogP contribution in [-0.2, 0) is 10.8 Å². The first-order valence-electron chi connectivity index (χ1n) is 6.38. The van der Waals surface area contributed by atoms with Gasteiger partial charge in [0.1, 0.15) is 5.75 Å². The smallest absolute Gasteiger partial charge is 0.121 e.